The average molecular weight is 254 g/mol. The molecule has 0 aromatic carbocycles. The number of hydrogen-bond donors (Lipinski definition) is 1. The number of rotatable bonds is 2. The van der Waals surface area contributed by atoms with Crippen molar-refractivity contribution < 1.29 is 4.92 Å². The number of piperidine rings is 1. The molecule has 102 valence electrons. The van der Waals surface area contributed by atoms with Crippen molar-refractivity contribution in [2.24, 2.45) is 0 Å². The number of hydrogen-bond acceptors (Lipinski definition) is 5. The largest absolute Gasteiger partial charge is 0.299 e. The first-order valence-corrected chi connectivity index (χ1v) is 6.96. The molecule has 6 heteroatoms. The molecule has 0 amide bonds. The lowest BCUT2D eigenvalue weighted by atomic mass is 9.84. The zero-order valence-electron chi connectivity index (χ0n) is 11.0. The highest BCUT2D eigenvalue weighted by Crippen LogP contribution is 2.38. The number of nitrogens with zero attached hydrogens (tertiary/aromatic N) is 3. The molecule has 3 aliphatic rings. The van der Waals surface area contributed by atoms with E-state index < -0.39 is 6.17 Å². The number of likely N-dealkylation sites (N-methyl/N-ethyl adjacent to an activating group) is 1. The molecule has 0 bridgehead atoms. The Morgan fingerprint density at radius 1 is 1.33 bits per heavy atom. The fraction of sp³-hybridized carbons (Fsp3) is 1.00. The summed E-state index contributed by atoms with van der Waals surface area (Å²) in [6.45, 7) is 3.35. The summed E-state index contributed by atoms with van der Waals surface area (Å²) in [6.07, 6.45) is 4.84. The van der Waals surface area contributed by atoms with Gasteiger partial charge in [-0.15, -0.1) is 0 Å². The van der Waals surface area contributed by atoms with Crippen LogP contribution >= 0.6 is 0 Å². The number of nitro groups is 1. The van der Waals surface area contributed by atoms with E-state index in [4.69, 9.17) is 0 Å². The first-order chi connectivity index (χ1) is 8.61. The first-order valence-electron chi connectivity index (χ1n) is 6.96. The normalized spacial score (nSPS) is 42.1. The van der Waals surface area contributed by atoms with Gasteiger partial charge in [-0.3, -0.25) is 19.9 Å². The summed E-state index contributed by atoms with van der Waals surface area (Å²) in [6, 6.07) is 0. The highest BCUT2D eigenvalue weighted by Gasteiger charge is 2.49. The summed E-state index contributed by atoms with van der Waals surface area (Å²) in [7, 11) is 2.20. The fourth-order valence-corrected chi connectivity index (χ4v) is 3.67. The molecule has 18 heavy (non-hydrogen) atoms. The number of nitrogens with one attached hydrogen (secondary N) is 1. The zero-order valence-corrected chi connectivity index (χ0v) is 11.0. The Kier molecular flexibility index (Phi) is 3.03. The van der Waals surface area contributed by atoms with E-state index in [0.29, 0.717) is 12.0 Å². The van der Waals surface area contributed by atoms with Gasteiger partial charge in [-0.05, 0) is 32.7 Å². The van der Waals surface area contributed by atoms with Gasteiger partial charge in [0.25, 0.3) is 6.17 Å². The van der Waals surface area contributed by atoms with Crippen molar-refractivity contribution in [3.8, 4) is 0 Å². The summed E-state index contributed by atoms with van der Waals surface area (Å²) < 4.78 is 0. The molecule has 0 radical (unpaired) electrons. The zero-order chi connectivity index (χ0) is 12.8. The second-order valence-electron chi connectivity index (χ2n) is 6.03. The monoisotopic (exact) mass is 254 g/mol. The maximum Gasteiger partial charge on any atom is 0.267 e. The minimum atomic E-state index is -0.542. The maximum atomic E-state index is 10.9. The smallest absolute Gasteiger partial charge is 0.267 e. The first kappa shape index (κ1) is 12.3. The van der Waals surface area contributed by atoms with Gasteiger partial charge in [0.05, 0.1) is 6.17 Å². The van der Waals surface area contributed by atoms with Gasteiger partial charge in [0.1, 0.15) is 0 Å². The third-order valence-electron chi connectivity index (χ3n) is 5.12. The lowest BCUT2D eigenvalue weighted by molar-refractivity contribution is -0.534. The average Bonchev–Trinajstić information content (AvgIpc) is 2.85. The molecule has 6 nitrogen and oxygen atoms in total. The van der Waals surface area contributed by atoms with E-state index >= 15 is 0 Å². The molecular formula is C12H22N4O2. The van der Waals surface area contributed by atoms with Crippen LogP contribution in [-0.4, -0.2) is 59.3 Å². The Balaban J connectivity index is 1.61. The Hall–Kier alpha value is -0.720. The highest BCUT2D eigenvalue weighted by molar-refractivity contribution is 5.05. The molecule has 0 aromatic rings. The van der Waals surface area contributed by atoms with Gasteiger partial charge in [-0.1, -0.05) is 0 Å². The van der Waals surface area contributed by atoms with Crippen molar-refractivity contribution in [3.05, 3.63) is 10.1 Å². The third-order valence-corrected chi connectivity index (χ3v) is 5.12. The van der Waals surface area contributed by atoms with Crippen LogP contribution in [0.5, 0.6) is 0 Å². The summed E-state index contributed by atoms with van der Waals surface area (Å²) >= 11 is 0. The van der Waals surface area contributed by atoms with Crippen LogP contribution in [0, 0.1) is 10.1 Å². The molecule has 1 spiro atoms. The predicted octanol–water partition coefficient (Wildman–Crippen LogP) is 0.469. The van der Waals surface area contributed by atoms with E-state index in [9.17, 15) is 10.1 Å². The van der Waals surface area contributed by atoms with Crippen LogP contribution in [0.1, 0.15) is 32.1 Å². The maximum absolute atomic E-state index is 10.9. The molecule has 3 aliphatic heterocycles. The van der Waals surface area contributed by atoms with Gasteiger partial charge >= 0.3 is 0 Å². The van der Waals surface area contributed by atoms with Gasteiger partial charge in [-0.25, -0.2) is 5.32 Å². The van der Waals surface area contributed by atoms with E-state index in [0.717, 1.165) is 25.9 Å². The Morgan fingerprint density at radius 3 is 2.67 bits per heavy atom. The van der Waals surface area contributed by atoms with Gasteiger partial charge in [0.2, 0.25) is 0 Å². The summed E-state index contributed by atoms with van der Waals surface area (Å²) in [5.74, 6) is 0. The van der Waals surface area contributed by atoms with Gasteiger partial charge in [-0.2, -0.15) is 0 Å². The van der Waals surface area contributed by atoms with Crippen LogP contribution in [0.25, 0.3) is 0 Å². The standard InChI is InChI=1S/C12H22N4O2/c1-14-7-5-12(14)6-8-15(9-12)10-3-2-4-11(13-10)16(17)18/h10-11,13H,2-9H2,1H3. The molecule has 3 saturated heterocycles. The highest BCUT2D eigenvalue weighted by atomic mass is 16.6. The molecule has 0 aromatic heterocycles. The van der Waals surface area contributed by atoms with Crippen molar-refractivity contribution in [3.63, 3.8) is 0 Å². The molecule has 0 aliphatic carbocycles. The summed E-state index contributed by atoms with van der Waals surface area (Å²) in [5, 5.41) is 14.1. The van der Waals surface area contributed by atoms with Crippen LogP contribution in [0.4, 0.5) is 0 Å². The molecule has 0 saturated carbocycles. The van der Waals surface area contributed by atoms with E-state index in [1.807, 2.05) is 0 Å². The minimum Gasteiger partial charge on any atom is -0.299 e. The Labute approximate surface area is 107 Å². The minimum absolute atomic E-state index is 0.173. The van der Waals surface area contributed by atoms with Crippen LogP contribution in [0.15, 0.2) is 0 Å². The van der Waals surface area contributed by atoms with Gasteiger partial charge in [0.15, 0.2) is 0 Å². The lowest BCUT2D eigenvalue weighted by Crippen LogP contribution is -2.61. The van der Waals surface area contributed by atoms with Crippen LogP contribution < -0.4 is 5.32 Å². The molecule has 3 heterocycles. The van der Waals surface area contributed by atoms with Crippen molar-refractivity contribution in [2.75, 3.05) is 26.7 Å². The van der Waals surface area contributed by atoms with Crippen LogP contribution in [0.3, 0.4) is 0 Å². The molecular weight excluding hydrogens is 232 g/mol. The summed E-state index contributed by atoms with van der Waals surface area (Å²) in [4.78, 5) is 15.6. The van der Waals surface area contributed by atoms with E-state index in [-0.39, 0.29) is 11.1 Å². The van der Waals surface area contributed by atoms with Crippen molar-refractivity contribution in [1.82, 2.24) is 15.1 Å². The third kappa shape index (κ3) is 1.92. The summed E-state index contributed by atoms with van der Waals surface area (Å²) in [5.41, 5.74) is 0.378. The molecule has 3 atom stereocenters. The van der Waals surface area contributed by atoms with Crippen molar-refractivity contribution in [2.45, 2.75) is 50.0 Å². The fourth-order valence-electron chi connectivity index (χ4n) is 3.67. The Morgan fingerprint density at radius 2 is 2.11 bits per heavy atom. The lowest BCUT2D eigenvalue weighted by Gasteiger charge is -2.49. The van der Waals surface area contributed by atoms with Crippen molar-refractivity contribution in [1.29, 1.82) is 0 Å². The molecule has 3 unspecified atom stereocenters. The molecule has 3 rings (SSSR count). The van der Waals surface area contributed by atoms with Crippen molar-refractivity contribution >= 4 is 0 Å². The SMILES string of the molecule is CN1CCC12CCN(C1CCCC([N+](=O)[O-])N1)C2. The van der Waals surface area contributed by atoms with Gasteiger partial charge < -0.3 is 0 Å². The van der Waals surface area contributed by atoms with Crippen LogP contribution in [-0.2, 0) is 0 Å². The molecule has 1 N–H and O–H groups in total. The van der Waals surface area contributed by atoms with E-state index in [1.54, 1.807) is 0 Å². The second kappa shape index (κ2) is 4.43. The second-order valence-corrected chi connectivity index (χ2v) is 6.03. The predicted molar refractivity (Wildman–Crippen MR) is 67.7 cm³/mol. The quantitative estimate of drug-likeness (QED) is 0.573. The van der Waals surface area contributed by atoms with Gasteiger partial charge in [0, 0.05) is 36.5 Å². The van der Waals surface area contributed by atoms with E-state index in [1.165, 1.54) is 19.4 Å². The van der Waals surface area contributed by atoms with E-state index in [2.05, 4.69) is 22.2 Å². The topological polar surface area (TPSA) is 61.7 Å². The Bertz CT molecular complexity index is 351. The molecule has 3 fully saturated rings. The number of likely N-dealkylation sites (tertiary alicyclic amines) is 2. The van der Waals surface area contributed by atoms with Crippen LogP contribution in [0.2, 0.25) is 0 Å².